The van der Waals surface area contributed by atoms with Crippen LogP contribution < -0.4 is 16.0 Å². The summed E-state index contributed by atoms with van der Waals surface area (Å²) in [7, 11) is 0. The van der Waals surface area contributed by atoms with Crippen LogP contribution in [0.25, 0.3) is 150 Å². The number of nitrogens with one attached hydrogen (secondary N) is 3. The van der Waals surface area contributed by atoms with Crippen LogP contribution in [0.15, 0.2) is 358 Å². The molecule has 8 nitrogen and oxygen atoms in total. The molecule has 2 aliphatic carbocycles. The van der Waals surface area contributed by atoms with Gasteiger partial charge in [0.1, 0.15) is 39.1 Å². The number of aromatic nitrogens is 1. The Morgan fingerprint density at radius 2 is 0.850 bits per heavy atom. The predicted molar refractivity (Wildman–Crippen MR) is 445 cm³/mol. The van der Waals surface area contributed by atoms with E-state index in [0.29, 0.717) is 0 Å². The molecule has 0 saturated heterocycles. The van der Waals surface area contributed by atoms with Gasteiger partial charge in [0.05, 0.1) is 6.26 Å². The van der Waals surface area contributed by atoms with E-state index in [2.05, 4.69) is 297 Å². The van der Waals surface area contributed by atoms with Crippen molar-refractivity contribution in [3.05, 3.63) is 362 Å². The minimum absolute atomic E-state index is 0.0715. The Labute approximate surface area is 619 Å². The number of furan rings is 4. The Hall–Kier alpha value is -13.7. The van der Waals surface area contributed by atoms with Gasteiger partial charge in [-0.15, -0.1) is 0 Å². The SMILES string of the molecule is CC1(C)C=Cc2cc(Nc3cc(-c4ccc(-c5ccccc5)cc4)c4oc5ccccc5c4c3)ccc21.CC1(C)c2ccccc2-c2cccc(-c3cccc(Nc4cc(-c5cccnc5)c5oc6ccccc6c5c4)c3)c21.c1ccc(Nc2cc(-c3ccc4occc4c3)c3c(c2)oc2ccccc23)cc1. The van der Waals surface area contributed by atoms with Crippen molar-refractivity contribution in [1.29, 1.82) is 0 Å². The molecule has 0 bridgehead atoms. The van der Waals surface area contributed by atoms with Crippen LogP contribution >= 0.6 is 0 Å². The fourth-order valence-electron chi connectivity index (χ4n) is 16.1. The van der Waals surface area contributed by atoms with Crippen LogP contribution in [0.3, 0.4) is 0 Å². The monoisotopic (exact) mass is 1380 g/mol. The molecule has 5 aromatic heterocycles. The summed E-state index contributed by atoms with van der Waals surface area (Å²) in [5, 5.41) is 18.7. The Bertz CT molecular complexity index is 6650. The van der Waals surface area contributed by atoms with E-state index in [1.54, 1.807) is 12.5 Å². The van der Waals surface area contributed by atoms with Crippen LogP contribution in [0.1, 0.15) is 49.9 Å². The molecule has 0 fully saturated rings. The molecule has 0 aliphatic heterocycles. The van der Waals surface area contributed by atoms with Gasteiger partial charge in [0, 0.05) is 118 Å². The van der Waals surface area contributed by atoms with Gasteiger partial charge in [-0.2, -0.15) is 0 Å². The smallest absolute Gasteiger partial charge is 0.143 e. The van der Waals surface area contributed by atoms with Gasteiger partial charge in [0.25, 0.3) is 0 Å². The zero-order valence-electron chi connectivity index (χ0n) is 59.5. The Morgan fingerprint density at radius 1 is 0.308 bits per heavy atom. The Kier molecular flexibility index (Phi) is 15.7. The standard InChI is InChI=1S/C38H28N2O.C35H27NO.C26H17NO2/c1-38(2)34-17-5-3-13-29(34)31-16-8-15-28(36(31)38)24-10-7-12-26(20-24)40-27-21-32(25-11-9-19-39-23-25)37-33(22-27)30-14-4-6-18-35(30)41-37;1-35(2)19-18-26-20-27(16-17-32(26)35)36-28-21-30(34-31(22-28)29-10-6-7-11-33(29)37-34)25-14-12-24(13-15-25)23-8-4-3-5-9-23;1-2-6-19(7-3-1)27-20-15-22(17-10-11-23-18(14-17)12-13-28-23)26-21-8-4-5-9-24(21)29-25(26)16-20/h3-23,40H,1-2H3;3-22,36H,1-2H3;1-16,27H. The highest BCUT2D eigenvalue weighted by Gasteiger charge is 2.37. The van der Waals surface area contributed by atoms with Gasteiger partial charge < -0.3 is 33.6 Å². The number of pyridine rings is 1. The van der Waals surface area contributed by atoms with Crippen LogP contribution in [0.2, 0.25) is 0 Å². The lowest BCUT2D eigenvalue weighted by Gasteiger charge is -2.24. The number of benzene rings is 14. The van der Waals surface area contributed by atoms with Crippen molar-refractivity contribution in [2.75, 3.05) is 16.0 Å². The van der Waals surface area contributed by atoms with E-state index in [-0.39, 0.29) is 10.8 Å². The van der Waals surface area contributed by atoms with Crippen LogP contribution in [0, 0.1) is 0 Å². The zero-order chi connectivity index (χ0) is 71.7. The minimum Gasteiger partial charge on any atom is -0.464 e. The summed E-state index contributed by atoms with van der Waals surface area (Å²) in [4.78, 5) is 4.37. The number of hydrogen-bond acceptors (Lipinski definition) is 8. The summed E-state index contributed by atoms with van der Waals surface area (Å²) in [6.07, 6.45) is 9.93. The third-order valence-corrected chi connectivity index (χ3v) is 21.3. The molecule has 19 aromatic rings. The van der Waals surface area contributed by atoms with E-state index < -0.39 is 0 Å². The number of nitrogens with zero attached hydrogens (tertiary/aromatic N) is 1. The molecule has 14 aromatic carbocycles. The Morgan fingerprint density at radius 3 is 1.58 bits per heavy atom. The molecule has 0 radical (unpaired) electrons. The van der Waals surface area contributed by atoms with Gasteiger partial charge in [-0.25, -0.2) is 0 Å². The molecule has 0 saturated carbocycles. The van der Waals surface area contributed by atoms with Gasteiger partial charge in [0.15, 0.2) is 0 Å². The van der Waals surface area contributed by atoms with Gasteiger partial charge >= 0.3 is 0 Å². The largest absolute Gasteiger partial charge is 0.464 e. The van der Waals surface area contributed by atoms with E-state index in [9.17, 15) is 0 Å². The predicted octanol–water partition coefficient (Wildman–Crippen LogP) is 28.1. The molecule has 3 N–H and O–H groups in total. The van der Waals surface area contributed by atoms with Crippen LogP contribution in [-0.4, -0.2) is 4.98 Å². The molecule has 21 rings (SSSR count). The van der Waals surface area contributed by atoms with E-state index in [4.69, 9.17) is 17.7 Å². The van der Waals surface area contributed by atoms with Gasteiger partial charge in [-0.1, -0.05) is 240 Å². The minimum atomic E-state index is -0.0715. The summed E-state index contributed by atoms with van der Waals surface area (Å²) >= 11 is 0. The normalized spacial score (nSPS) is 13.0. The molecular formula is C99H72N4O4. The maximum absolute atomic E-state index is 6.40. The van der Waals surface area contributed by atoms with Gasteiger partial charge in [0.2, 0.25) is 0 Å². The highest BCUT2D eigenvalue weighted by Crippen LogP contribution is 2.53. The average molecular weight is 1380 g/mol. The second kappa shape index (κ2) is 26.2. The van der Waals surface area contributed by atoms with Crippen molar-refractivity contribution in [2.45, 2.75) is 38.5 Å². The topological polar surface area (TPSA) is 102 Å². The highest BCUT2D eigenvalue weighted by atomic mass is 16.3. The average Bonchev–Trinajstić information content (AvgIpc) is 1.69. The fraction of sp³-hybridized carbons (Fsp3) is 0.0606. The fourth-order valence-corrected chi connectivity index (χ4v) is 16.1. The molecule has 2 aliphatic rings. The summed E-state index contributed by atoms with van der Waals surface area (Å²) in [6.45, 7) is 9.20. The lowest BCUT2D eigenvalue weighted by Crippen LogP contribution is -2.16. The van der Waals surface area contributed by atoms with E-state index in [1.165, 1.54) is 55.6 Å². The molecule has 0 atom stereocenters. The van der Waals surface area contributed by atoms with Crippen LogP contribution in [0.5, 0.6) is 0 Å². The van der Waals surface area contributed by atoms with Crippen LogP contribution in [-0.2, 0) is 10.8 Å². The second-order valence-corrected chi connectivity index (χ2v) is 28.9. The summed E-state index contributed by atoms with van der Waals surface area (Å²) in [5.41, 5.74) is 32.0. The van der Waals surface area contributed by atoms with E-state index >= 15 is 0 Å². The molecule has 8 heteroatoms. The first-order valence-corrected chi connectivity index (χ1v) is 36.4. The lowest BCUT2D eigenvalue weighted by atomic mass is 9.79. The van der Waals surface area contributed by atoms with Crippen molar-refractivity contribution in [3.8, 4) is 66.8 Å². The maximum Gasteiger partial charge on any atom is 0.143 e. The number of hydrogen-bond donors (Lipinski definition) is 3. The molecule has 0 amide bonds. The number of anilines is 6. The molecule has 0 unspecified atom stereocenters. The number of allylic oxidation sites excluding steroid dienone is 1. The first-order valence-electron chi connectivity index (χ1n) is 36.4. The number of rotatable bonds is 11. The van der Waals surface area contributed by atoms with Crippen molar-refractivity contribution < 1.29 is 17.7 Å². The van der Waals surface area contributed by atoms with E-state index in [0.717, 1.165) is 144 Å². The summed E-state index contributed by atoms with van der Waals surface area (Å²) in [6, 6.07) is 110. The molecule has 512 valence electrons. The highest BCUT2D eigenvalue weighted by molar-refractivity contribution is 6.15. The second-order valence-electron chi connectivity index (χ2n) is 28.9. The molecular weight excluding hydrogens is 1310 g/mol. The maximum atomic E-state index is 6.40. The van der Waals surface area contributed by atoms with Crippen molar-refractivity contribution in [1.82, 2.24) is 4.98 Å². The third-order valence-electron chi connectivity index (χ3n) is 21.3. The number of fused-ring (bicyclic) bond motifs is 14. The Balaban J connectivity index is 0.000000111. The van der Waals surface area contributed by atoms with Gasteiger partial charge in [-0.05, 0) is 182 Å². The lowest BCUT2D eigenvalue weighted by molar-refractivity contribution is 0.616. The summed E-state index contributed by atoms with van der Waals surface area (Å²) < 4.78 is 24.5. The molecule has 0 spiro atoms. The van der Waals surface area contributed by atoms with Crippen LogP contribution in [0.4, 0.5) is 34.1 Å². The number of para-hydroxylation sites is 4. The van der Waals surface area contributed by atoms with Gasteiger partial charge in [-0.3, -0.25) is 4.98 Å². The first kappa shape index (κ1) is 64.2. The third kappa shape index (κ3) is 11.8. The quantitative estimate of drug-likeness (QED) is 0.118. The van der Waals surface area contributed by atoms with Crippen molar-refractivity contribution in [2.24, 2.45) is 0 Å². The van der Waals surface area contributed by atoms with Crippen molar-refractivity contribution in [3.63, 3.8) is 0 Å². The zero-order valence-corrected chi connectivity index (χ0v) is 59.5. The first-order chi connectivity index (χ1) is 52.5. The van der Waals surface area contributed by atoms with Crippen molar-refractivity contribution >= 4 is 117 Å². The molecule has 107 heavy (non-hydrogen) atoms. The molecule has 5 heterocycles. The van der Waals surface area contributed by atoms with E-state index in [1.807, 2.05) is 85.1 Å². The summed E-state index contributed by atoms with van der Waals surface area (Å²) in [5.74, 6) is 0.